The predicted octanol–water partition coefficient (Wildman–Crippen LogP) is 4.19. The summed E-state index contributed by atoms with van der Waals surface area (Å²) in [6.07, 6.45) is 6.80. The Morgan fingerprint density at radius 1 is 1.04 bits per heavy atom. The molecule has 5 rings (SSSR count). The van der Waals surface area contributed by atoms with E-state index in [9.17, 15) is 0 Å². The van der Waals surface area contributed by atoms with E-state index in [0.29, 0.717) is 5.41 Å². The molecule has 1 aromatic carbocycles. The van der Waals surface area contributed by atoms with Gasteiger partial charge >= 0.3 is 0 Å². The molecular weight excluding hydrogens is 376 g/mol. The molecule has 25 heavy (non-hydrogen) atoms. The topological polar surface area (TPSA) is 33.4 Å². The Kier molecular flexibility index (Phi) is 3.42. The monoisotopic (exact) mass is 396 g/mol. The third kappa shape index (κ3) is 2.40. The summed E-state index contributed by atoms with van der Waals surface area (Å²) in [5.74, 6) is 1.07. The highest BCUT2D eigenvalue weighted by molar-refractivity contribution is 9.10. The summed E-state index contributed by atoms with van der Waals surface area (Å²) < 4.78 is 2.89. The van der Waals surface area contributed by atoms with Crippen LogP contribution in [0.15, 0.2) is 41.1 Å². The van der Waals surface area contributed by atoms with Gasteiger partial charge in [0.05, 0.1) is 11.9 Å². The molecule has 4 nitrogen and oxygen atoms in total. The summed E-state index contributed by atoms with van der Waals surface area (Å²) in [7, 11) is 0. The fourth-order valence-corrected chi connectivity index (χ4v) is 4.97. The number of hydrogen-bond donors (Lipinski definition) is 0. The molecule has 1 fully saturated rings. The van der Waals surface area contributed by atoms with Gasteiger partial charge in [-0.25, -0.2) is 9.50 Å². The van der Waals surface area contributed by atoms with Crippen molar-refractivity contribution in [1.29, 1.82) is 0 Å². The highest BCUT2D eigenvalue weighted by Gasteiger charge is 2.40. The Hall–Kier alpha value is -1.88. The van der Waals surface area contributed by atoms with Crippen LogP contribution in [0.25, 0.3) is 5.52 Å². The number of fused-ring (bicyclic) bond motifs is 2. The molecule has 5 heteroatoms. The van der Waals surface area contributed by atoms with E-state index >= 15 is 0 Å². The van der Waals surface area contributed by atoms with Crippen LogP contribution >= 0.6 is 15.9 Å². The number of hydrogen-bond acceptors (Lipinski definition) is 3. The van der Waals surface area contributed by atoms with E-state index in [-0.39, 0.29) is 0 Å². The van der Waals surface area contributed by atoms with Crippen LogP contribution in [0.2, 0.25) is 0 Å². The second-order valence-corrected chi connectivity index (χ2v) is 8.30. The van der Waals surface area contributed by atoms with Crippen LogP contribution in [0.3, 0.4) is 0 Å². The molecule has 1 spiro atoms. The molecule has 0 atom stereocenters. The van der Waals surface area contributed by atoms with Gasteiger partial charge in [-0.2, -0.15) is 5.10 Å². The number of piperidine rings is 1. The van der Waals surface area contributed by atoms with Crippen LogP contribution in [0.4, 0.5) is 5.82 Å². The van der Waals surface area contributed by atoms with Crippen LogP contribution in [0.1, 0.15) is 29.7 Å². The molecule has 3 aromatic rings. The van der Waals surface area contributed by atoms with E-state index in [2.05, 4.69) is 56.3 Å². The smallest absolute Gasteiger partial charge is 0.155 e. The van der Waals surface area contributed by atoms with Gasteiger partial charge in [-0.15, -0.1) is 0 Å². The maximum Gasteiger partial charge on any atom is 0.155 e. The van der Waals surface area contributed by atoms with E-state index in [1.54, 1.807) is 11.1 Å². The summed E-state index contributed by atoms with van der Waals surface area (Å²) in [6, 6.07) is 11.0. The van der Waals surface area contributed by atoms with Gasteiger partial charge in [0.1, 0.15) is 10.1 Å². The second-order valence-electron chi connectivity index (χ2n) is 7.55. The van der Waals surface area contributed by atoms with Crippen molar-refractivity contribution in [3.63, 3.8) is 0 Å². The average molecular weight is 397 g/mol. The van der Waals surface area contributed by atoms with Gasteiger partial charge in [-0.05, 0) is 71.1 Å². The highest BCUT2D eigenvalue weighted by Crippen LogP contribution is 2.45. The van der Waals surface area contributed by atoms with E-state index in [1.807, 2.05) is 17.6 Å². The third-order valence-corrected chi connectivity index (χ3v) is 6.91. The standard InChI is InChI=1S/C20H21BrN4/c1-14-18(21)25-17(6-9-22-25)19(23-14)24-10-7-20(8-11-24)12-15-4-2-3-5-16(15)13-20/h2-6,9H,7-8,10-13H2,1H3. The van der Waals surface area contributed by atoms with Gasteiger partial charge in [0, 0.05) is 13.1 Å². The van der Waals surface area contributed by atoms with Gasteiger partial charge in [0.2, 0.25) is 0 Å². The van der Waals surface area contributed by atoms with Gasteiger partial charge in [0.25, 0.3) is 0 Å². The molecule has 0 amide bonds. The number of benzene rings is 1. The minimum Gasteiger partial charge on any atom is -0.355 e. The van der Waals surface area contributed by atoms with Crippen molar-refractivity contribution in [2.45, 2.75) is 32.6 Å². The normalized spacial score (nSPS) is 18.9. The van der Waals surface area contributed by atoms with Crippen molar-refractivity contribution < 1.29 is 0 Å². The van der Waals surface area contributed by atoms with Crippen LogP contribution in [0.5, 0.6) is 0 Å². The lowest BCUT2D eigenvalue weighted by Crippen LogP contribution is -2.41. The number of aryl methyl sites for hydroxylation is 1. The molecular formula is C20H21BrN4. The lowest BCUT2D eigenvalue weighted by atomic mass is 9.76. The Balaban J connectivity index is 1.42. The van der Waals surface area contributed by atoms with Crippen LogP contribution in [0, 0.1) is 12.3 Å². The zero-order valence-corrected chi connectivity index (χ0v) is 16.0. The van der Waals surface area contributed by atoms with E-state index in [0.717, 1.165) is 34.7 Å². The Morgan fingerprint density at radius 3 is 2.40 bits per heavy atom. The van der Waals surface area contributed by atoms with Crippen molar-refractivity contribution in [1.82, 2.24) is 14.6 Å². The highest BCUT2D eigenvalue weighted by atomic mass is 79.9. The minimum atomic E-state index is 0.459. The van der Waals surface area contributed by atoms with Crippen molar-refractivity contribution in [3.05, 3.63) is 58.0 Å². The van der Waals surface area contributed by atoms with Gasteiger partial charge in [0.15, 0.2) is 5.82 Å². The molecule has 0 radical (unpaired) electrons. The Bertz CT molecular complexity index is 926. The number of halogens is 1. The molecule has 0 saturated carbocycles. The quantitative estimate of drug-likeness (QED) is 0.618. The van der Waals surface area contributed by atoms with E-state index in [4.69, 9.17) is 4.98 Å². The lowest BCUT2D eigenvalue weighted by Gasteiger charge is -2.40. The van der Waals surface area contributed by atoms with Crippen molar-refractivity contribution in [2.24, 2.45) is 5.41 Å². The average Bonchev–Trinajstić information content (AvgIpc) is 3.23. The molecule has 1 aliphatic heterocycles. The molecule has 2 aliphatic rings. The van der Waals surface area contributed by atoms with E-state index < -0.39 is 0 Å². The first kappa shape index (κ1) is 15.4. The van der Waals surface area contributed by atoms with Crippen LogP contribution in [-0.4, -0.2) is 27.7 Å². The van der Waals surface area contributed by atoms with Gasteiger partial charge < -0.3 is 4.90 Å². The minimum absolute atomic E-state index is 0.459. The molecule has 0 unspecified atom stereocenters. The first-order valence-corrected chi connectivity index (χ1v) is 9.76. The molecule has 3 heterocycles. The molecule has 0 bridgehead atoms. The summed E-state index contributed by atoms with van der Waals surface area (Å²) >= 11 is 3.60. The zero-order valence-electron chi connectivity index (χ0n) is 14.4. The molecule has 1 saturated heterocycles. The molecule has 128 valence electrons. The van der Waals surface area contributed by atoms with Gasteiger partial charge in [-0.1, -0.05) is 24.3 Å². The molecule has 0 N–H and O–H groups in total. The predicted molar refractivity (Wildman–Crippen MR) is 103 cm³/mol. The summed E-state index contributed by atoms with van der Waals surface area (Å²) in [6.45, 7) is 4.18. The Labute approximate surface area is 156 Å². The maximum absolute atomic E-state index is 4.87. The number of nitrogens with zero attached hydrogens (tertiary/aromatic N) is 4. The number of rotatable bonds is 1. The first-order chi connectivity index (χ1) is 12.2. The third-order valence-electron chi connectivity index (χ3n) is 6.00. The number of anilines is 1. The molecule has 2 aromatic heterocycles. The van der Waals surface area contributed by atoms with Gasteiger partial charge in [-0.3, -0.25) is 0 Å². The fourth-order valence-electron chi connectivity index (χ4n) is 4.60. The number of aromatic nitrogens is 3. The largest absolute Gasteiger partial charge is 0.355 e. The SMILES string of the molecule is Cc1nc(N2CCC3(CC2)Cc2ccccc2C3)c2ccnn2c1Br. The van der Waals surface area contributed by atoms with Crippen molar-refractivity contribution in [3.8, 4) is 0 Å². The fraction of sp³-hybridized carbons (Fsp3) is 0.400. The Morgan fingerprint density at radius 2 is 1.72 bits per heavy atom. The van der Waals surface area contributed by atoms with Crippen LogP contribution < -0.4 is 4.90 Å². The van der Waals surface area contributed by atoms with E-state index in [1.165, 1.54) is 25.7 Å². The first-order valence-electron chi connectivity index (χ1n) is 8.97. The lowest BCUT2D eigenvalue weighted by molar-refractivity contribution is 0.232. The summed E-state index contributed by atoms with van der Waals surface area (Å²) in [5.41, 5.74) is 5.66. The van der Waals surface area contributed by atoms with Crippen LogP contribution in [-0.2, 0) is 12.8 Å². The summed E-state index contributed by atoms with van der Waals surface area (Å²) in [5, 5.41) is 4.44. The van der Waals surface area contributed by atoms with Crippen molar-refractivity contribution >= 4 is 27.3 Å². The zero-order chi connectivity index (χ0) is 17.0. The molecule has 1 aliphatic carbocycles. The summed E-state index contributed by atoms with van der Waals surface area (Å²) in [4.78, 5) is 7.32. The maximum atomic E-state index is 4.87. The van der Waals surface area contributed by atoms with Crippen molar-refractivity contribution in [2.75, 3.05) is 18.0 Å². The second kappa shape index (κ2) is 5.56.